The molecule has 1 aliphatic carbocycles. The molecular formula is C22H33ClFN3O2. The summed E-state index contributed by atoms with van der Waals surface area (Å²) in [5, 5.41) is 0. The number of nitrogens with one attached hydrogen (secondary N) is 1. The molecule has 1 aromatic carbocycles. The van der Waals surface area contributed by atoms with Crippen molar-refractivity contribution < 1.29 is 9.13 Å². The van der Waals surface area contributed by atoms with Crippen LogP contribution < -0.4 is 5.69 Å². The molecule has 0 bridgehead atoms. The van der Waals surface area contributed by atoms with Crippen LogP contribution in [0.15, 0.2) is 16.9 Å². The van der Waals surface area contributed by atoms with E-state index in [2.05, 4.69) is 16.8 Å². The first-order valence-corrected chi connectivity index (χ1v) is 10.8. The summed E-state index contributed by atoms with van der Waals surface area (Å²) in [4.78, 5) is 17.8. The van der Waals surface area contributed by atoms with Gasteiger partial charge in [0.05, 0.1) is 11.6 Å². The summed E-state index contributed by atoms with van der Waals surface area (Å²) >= 11 is 0. The van der Waals surface area contributed by atoms with Gasteiger partial charge in [0, 0.05) is 31.8 Å². The number of imidazole rings is 1. The molecule has 2 aliphatic rings. The maximum atomic E-state index is 14.2. The fourth-order valence-corrected chi connectivity index (χ4v) is 5.05. The second-order valence-electron chi connectivity index (χ2n) is 8.51. The first-order chi connectivity index (χ1) is 13.6. The maximum absolute atomic E-state index is 14.2. The highest BCUT2D eigenvalue weighted by Crippen LogP contribution is 2.31. The minimum atomic E-state index is -0.342. The maximum Gasteiger partial charge on any atom is 0.326 e. The first kappa shape index (κ1) is 22.3. The largest absolute Gasteiger partial charge is 0.378 e. The molecule has 4 rings (SSSR count). The average molecular weight is 426 g/mol. The van der Waals surface area contributed by atoms with Crippen LogP contribution in [0.4, 0.5) is 4.39 Å². The Balaban J connectivity index is 0.00000240. The summed E-state index contributed by atoms with van der Waals surface area (Å²) in [6.45, 7) is 6.91. The third kappa shape index (κ3) is 4.70. The van der Waals surface area contributed by atoms with E-state index >= 15 is 0 Å². The van der Waals surface area contributed by atoms with Gasteiger partial charge in [0.15, 0.2) is 0 Å². The Bertz CT molecular complexity index is 865. The lowest BCUT2D eigenvalue weighted by Crippen LogP contribution is -2.45. The normalized spacial score (nSPS) is 24.0. The molecule has 2 aromatic rings. The van der Waals surface area contributed by atoms with Gasteiger partial charge in [0.25, 0.3) is 0 Å². The summed E-state index contributed by atoms with van der Waals surface area (Å²) < 4.78 is 21.9. The quantitative estimate of drug-likeness (QED) is 0.763. The molecule has 1 aliphatic heterocycles. The van der Waals surface area contributed by atoms with Crippen molar-refractivity contribution in [2.24, 2.45) is 0 Å². The first-order valence-electron chi connectivity index (χ1n) is 10.8. The average Bonchev–Trinajstić information content (AvgIpc) is 3.03. The molecule has 5 nitrogen and oxygen atoms in total. The molecule has 1 saturated carbocycles. The smallest absolute Gasteiger partial charge is 0.326 e. The lowest BCUT2D eigenvalue weighted by Gasteiger charge is -2.41. The predicted molar refractivity (Wildman–Crippen MR) is 117 cm³/mol. The number of ether oxygens (including phenoxy) is 1. The van der Waals surface area contributed by atoms with E-state index in [0.29, 0.717) is 23.2 Å². The lowest BCUT2D eigenvalue weighted by atomic mass is 9.90. The number of aromatic amines is 1. The van der Waals surface area contributed by atoms with Gasteiger partial charge in [0.2, 0.25) is 0 Å². The van der Waals surface area contributed by atoms with Gasteiger partial charge in [0.1, 0.15) is 11.3 Å². The number of hydrogen-bond donors (Lipinski definition) is 1. The van der Waals surface area contributed by atoms with Crippen molar-refractivity contribution in [2.75, 3.05) is 19.7 Å². The monoisotopic (exact) mass is 425 g/mol. The Morgan fingerprint density at radius 3 is 2.45 bits per heavy atom. The summed E-state index contributed by atoms with van der Waals surface area (Å²) in [6, 6.07) is 4.18. The molecule has 0 unspecified atom stereocenters. The van der Waals surface area contributed by atoms with E-state index in [1.165, 1.54) is 18.9 Å². The number of hydrogen-bond acceptors (Lipinski definition) is 3. The molecular weight excluding hydrogens is 393 g/mol. The van der Waals surface area contributed by atoms with Gasteiger partial charge in [-0.3, -0.25) is 4.57 Å². The fraction of sp³-hybridized carbons (Fsp3) is 0.682. The molecule has 0 atom stereocenters. The van der Waals surface area contributed by atoms with Crippen molar-refractivity contribution in [2.45, 2.75) is 77.0 Å². The third-order valence-electron chi connectivity index (χ3n) is 6.51. The molecule has 7 heteroatoms. The van der Waals surface area contributed by atoms with Crippen molar-refractivity contribution in [3.63, 3.8) is 0 Å². The second-order valence-corrected chi connectivity index (χ2v) is 8.51. The van der Waals surface area contributed by atoms with Crippen molar-refractivity contribution in [3.05, 3.63) is 34.0 Å². The van der Waals surface area contributed by atoms with Crippen molar-refractivity contribution in [3.8, 4) is 0 Å². The highest BCUT2D eigenvalue weighted by Gasteiger charge is 2.30. The molecule has 0 amide bonds. The number of aromatic nitrogens is 2. The van der Waals surface area contributed by atoms with Crippen LogP contribution in [0.25, 0.3) is 11.0 Å². The Hall–Kier alpha value is -1.37. The molecule has 1 N–H and O–H groups in total. The van der Waals surface area contributed by atoms with Gasteiger partial charge in [-0.1, -0.05) is 6.92 Å². The summed E-state index contributed by atoms with van der Waals surface area (Å²) in [6.07, 6.45) is 8.13. The molecule has 0 radical (unpaired) electrons. The summed E-state index contributed by atoms with van der Waals surface area (Å²) in [5.41, 5.74) is 1.70. The van der Waals surface area contributed by atoms with Crippen LogP contribution in [0.2, 0.25) is 0 Å². The Labute approximate surface area is 178 Å². The molecule has 1 aromatic heterocycles. The Morgan fingerprint density at radius 1 is 1.10 bits per heavy atom. The van der Waals surface area contributed by atoms with Gasteiger partial charge in [-0.15, -0.1) is 12.4 Å². The van der Waals surface area contributed by atoms with Crippen molar-refractivity contribution in [1.82, 2.24) is 14.5 Å². The third-order valence-corrected chi connectivity index (χ3v) is 6.51. The van der Waals surface area contributed by atoms with Crippen LogP contribution >= 0.6 is 12.4 Å². The van der Waals surface area contributed by atoms with E-state index < -0.39 is 0 Å². The SMILES string of the molecule is CCCOC1CCC(N2CCC(n3c(=O)[nH]c4c(F)cc(C)cc43)CC2)CC1.Cl. The van der Waals surface area contributed by atoms with Gasteiger partial charge in [-0.2, -0.15) is 0 Å². The van der Waals surface area contributed by atoms with E-state index in [1.807, 2.05) is 13.0 Å². The molecule has 162 valence electrons. The standard InChI is InChI=1S/C22H32FN3O2.ClH/c1-3-12-28-18-6-4-16(5-7-18)25-10-8-17(9-11-25)26-20-14-15(2)13-19(23)21(20)24-22(26)27;/h13-14,16-18H,3-12H2,1-2H3,(H,24,27);1H. The summed E-state index contributed by atoms with van der Waals surface area (Å²) in [7, 11) is 0. The van der Waals surface area contributed by atoms with E-state index in [-0.39, 0.29) is 30.0 Å². The van der Waals surface area contributed by atoms with Gasteiger partial charge in [-0.05, 0) is 69.6 Å². The number of fused-ring (bicyclic) bond motifs is 1. The zero-order chi connectivity index (χ0) is 19.7. The Kier molecular flexibility index (Phi) is 7.41. The molecule has 29 heavy (non-hydrogen) atoms. The topological polar surface area (TPSA) is 50.3 Å². The van der Waals surface area contributed by atoms with Crippen LogP contribution in [0.5, 0.6) is 0 Å². The number of nitrogens with zero attached hydrogens (tertiary/aromatic N) is 2. The minimum Gasteiger partial charge on any atom is -0.378 e. The molecule has 1 saturated heterocycles. The number of benzene rings is 1. The van der Waals surface area contributed by atoms with E-state index in [9.17, 15) is 9.18 Å². The number of likely N-dealkylation sites (tertiary alicyclic amines) is 1. The van der Waals surface area contributed by atoms with Gasteiger partial charge >= 0.3 is 5.69 Å². The van der Waals surface area contributed by atoms with Gasteiger partial charge < -0.3 is 14.6 Å². The molecule has 2 fully saturated rings. The predicted octanol–water partition coefficient (Wildman–Crippen LogP) is 4.57. The minimum absolute atomic E-state index is 0. The van der Waals surface area contributed by atoms with Crippen LogP contribution in [0.3, 0.4) is 0 Å². The van der Waals surface area contributed by atoms with Crippen molar-refractivity contribution in [1.29, 1.82) is 0 Å². The van der Waals surface area contributed by atoms with Crippen LogP contribution in [0.1, 0.15) is 63.5 Å². The van der Waals surface area contributed by atoms with Crippen molar-refractivity contribution >= 4 is 23.4 Å². The highest BCUT2D eigenvalue weighted by molar-refractivity contribution is 5.85. The van der Waals surface area contributed by atoms with E-state index in [4.69, 9.17) is 4.74 Å². The van der Waals surface area contributed by atoms with E-state index in [1.54, 1.807) is 4.57 Å². The highest BCUT2D eigenvalue weighted by atomic mass is 35.5. The fourth-order valence-electron chi connectivity index (χ4n) is 5.05. The van der Waals surface area contributed by atoms with E-state index in [0.717, 1.165) is 57.4 Å². The molecule has 2 heterocycles. The number of halogens is 2. The van der Waals surface area contributed by atoms with Crippen LogP contribution in [-0.2, 0) is 4.74 Å². The number of H-pyrrole nitrogens is 1. The molecule has 0 spiro atoms. The zero-order valence-electron chi connectivity index (χ0n) is 17.5. The Morgan fingerprint density at radius 2 is 1.79 bits per heavy atom. The lowest BCUT2D eigenvalue weighted by molar-refractivity contribution is 0.00254. The number of aryl methyl sites for hydroxylation is 1. The van der Waals surface area contributed by atoms with Gasteiger partial charge in [-0.25, -0.2) is 9.18 Å². The number of rotatable bonds is 5. The summed E-state index contributed by atoms with van der Waals surface area (Å²) in [5.74, 6) is -0.342. The van der Waals surface area contributed by atoms with Crippen LogP contribution in [-0.4, -0.2) is 46.3 Å². The van der Waals surface area contributed by atoms with Crippen LogP contribution in [0, 0.1) is 12.7 Å². The second kappa shape index (κ2) is 9.63. The zero-order valence-corrected chi connectivity index (χ0v) is 18.3. The number of piperidine rings is 1.